The molecule has 8 nitrogen and oxygen atoms in total. The van der Waals surface area contributed by atoms with Crippen molar-refractivity contribution < 1.29 is 19.6 Å². The van der Waals surface area contributed by atoms with Crippen molar-refractivity contribution in [2.45, 2.75) is 19.5 Å². The highest BCUT2D eigenvalue weighted by atomic mass is 16.5. The number of aromatic nitrogens is 1. The van der Waals surface area contributed by atoms with Gasteiger partial charge < -0.3 is 14.4 Å². The molecular formula is C23H24N4O4. The van der Waals surface area contributed by atoms with Gasteiger partial charge >= 0.3 is 0 Å². The molecule has 0 unspecified atom stereocenters. The first kappa shape index (κ1) is 20.6. The van der Waals surface area contributed by atoms with Gasteiger partial charge in [0.05, 0.1) is 13.1 Å². The molecule has 1 aliphatic rings. The zero-order valence-electron chi connectivity index (χ0n) is 17.2. The van der Waals surface area contributed by atoms with Crippen molar-refractivity contribution in [1.29, 1.82) is 0 Å². The average molecular weight is 420 g/mol. The number of rotatable bonds is 6. The molecule has 0 atom stereocenters. The number of nitrogens with zero attached hydrogens (tertiary/aromatic N) is 3. The fourth-order valence-corrected chi connectivity index (χ4v) is 4.15. The molecule has 0 bridgehead atoms. The second-order valence-corrected chi connectivity index (χ2v) is 7.75. The fourth-order valence-electron chi connectivity index (χ4n) is 4.15. The highest BCUT2D eigenvalue weighted by molar-refractivity contribution is 5.93. The summed E-state index contributed by atoms with van der Waals surface area (Å²) in [5, 5.41) is 9.98. The Morgan fingerprint density at radius 1 is 1.16 bits per heavy atom. The van der Waals surface area contributed by atoms with Crippen LogP contribution >= 0.6 is 0 Å². The van der Waals surface area contributed by atoms with Crippen LogP contribution in [0.25, 0.3) is 10.9 Å². The van der Waals surface area contributed by atoms with Gasteiger partial charge in [-0.25, -0.2) is 5.48 Å². The molecule has 160 valence electrons. The average Bonchev–Trinajstić information content (AvgIpc) is 3.12. The van der Waals surface area contributed by atoms with Crippen LogP contribution in [-0.2, 0) is 29.1 Å². The molecule has 1 aromatic heterocycles. The molecular weight excluding hydrogens is 396 g/mol. The van der Waals surface area contributed by atoms with E-state index in [2.05, 4.69) is 16.7 Å². The number of para-hydroxylation sites is 1. The Kier molecular flexibility index (Phi) is 5.73. The molecule has 0 saturated carbocycles. The number of hydroxylamine groups is 1. The van der Waals surface area contributed by atoms with Gasteiger partial charge in [0, 0.05) is 42.3 Å². The quantitative estimate of drug-likeness (QED) is 0.361. The van der Waals surface area contributed by atoms with Gasteiger partial charge in [0.2, 0.25) is 12.3 Å². The molecule has 3 aromatic rings. The number of carbonyl (C=O) groups excluding carboxylic acids is 3. The highest BCUT2D eigenvalue weighted by Gasteiger charge is 2.27. The van der Waals surface area contributed by atoms with Crippen LogP contribution in [0.15, 0.2) is 48.5 Å². The maximum atomic E-state index is 12.6. The molecule has 3 amide bonds. The first-order valence-corrected chi connectivity index (χ1v) is 10.1. The van der Waals surface area contributed by atoms with Gasteiger partial charge in [-0.2, -0.15) is 0 Å². The van der Waals surface area contributed by atoms with Gasteiger partial charge in [0.15, 0.2) is 0 Å². The summed E-state index contributed by atoms with van der Waals surface area (Å²) >= 11 is 0. The van der Waals surface area contributed by atoms with Crippen molar-refractivity contribution in [3.8, 4) is 0 Å². The zero-order valence-corrected chi connectivity index (χ0v) is 17.2. The lowest BCUT2D eigenvalue weighted by Gasteiger charge is -2.29. The summed E-state index contributed by atoms with van der Waals surface area (Å²) < 4.78 is 2.22. The second-order valence-electron chi connectivity index (χ2n) is 7.75. The zero-order chi connectivity index (χ0) is 22.0. The van der Waals surface area contributed by atoms with Crippen molar-refractivity contribution >= 4 is 29.1 Å². The van der Waals surface area contributed by atoms with E-state index in [4.69, 9.17) is 5.21 Å². The van der Waals surface area contributed by atoms with Gasteiger partial charge in [0.25, 0.3) is 5.91 Å². The Hall–Kier alpha value is -3.65. The summed E-state index contributed by atoms with van der Waals surface area (Å²) in [7, 11) is 1.60. The van der Waals surface area contributed by atoms with Crippen LogP contribution in [0.1, 0.15) is 27.2 Å². The van der Waals surface area contributed by atoms with Crippen LogP contribution < -0.4 is 5.48 Å². The molecule has 0 aliphatic carbocycles. The van der Waals surface area contributed by atoms with Gasteiger partial charge in [-0.05, 0) is 35.7 Å². The van der Waals surface area contributed by atoms with E-state index in [1.165, 1.54) is 15.8 Å². The van der Waals surface area contributed by atoms with E-state index in [9.17, 15) is 14.4 Å². The molecule has 0 fully saturated rings. The lowest BCUT2D eigenvalue weighted by atomic mass is 10.0. The third-order valence-corrected chi connectivity index (χ3v) is 5.74. The van der Waals surface area contributed by atoms with E-state index in [-0.39, 0.29) is 12.5 Å². The van der Waals surface area contributed by atoms with Crippen LogP contribution in [0.4, 0.5) is 0 Å². The SMILES string of the molecule is CN(C=O)CC(=O)N1CCc2c(n(Cc3ccc(C(=O)NO)cc3)c3ccccc23)C1. The molecule has 31 heavy (non-hydrogen) atoms. The first-order chi connectivity index (χ1) is 15.0. The van der Waals surface area contributed by atoms with E-state index >= 15 is 0 Å². The molecule has 1 aliphatic heterocycles. The summed E-state index contributed by atoms with van der Waals surface area (Å²) in [6.45, 7) is 1.76. The van der Waals surface area contributed by atoms with Crippen LogP contribution in [0.2, 0.25) is 0 Å². The van der Waals surface area contributed by atoms with Crippen molar-refractivity contribution in [1.82, 2.24) is 19.8 Å². The lowest BCUT2D eigenvalue weighted by Crippen LogP contribution is -2.41. The van der Waals surface area contributed by atoms with Gasteiger partial charge in [0.1, 0.15) is 0 Å². The van der Waals surface area contributed by atoms with E-state index < -0.39 is 5.91 Å². The predicted molar refractivity (Wildman–Crippen MR) is 115 cm³/mol. The highest BCUT2D eigenvalue weighted by Crippen LogP contribution is 2.31. The number of likely N-dealkylation sites (N-methyl/N-ethyl adjacent to an activating group) is 1. The third-order valence-electron chi connectivity index (χ3n) is 5.74. The number of hydrogen-bond donors (Lipinski definition) is 2. The minimum Gasteiger partial charge on any atom is -0.339 e. The van der Waals surface area contributed by atoms with E-state index in [1.807, 2.05) is 24.3 Å². The minimum absolute atomic E-state index is 0.0629. The molecule has 2 N–H and O–H groups in total. The fraction of sp³-hybridized carbons (Fsp3) is 0.261. The molecule has 0 spiro atoms. The molecule has 0 radical (unpaired) electrons. The van der Waals surface area contributed by atoms with Gasteiger partial charge in [-0.1, -0.05) is 30.3 Å². The smallest absolute Gasteiger partial charge is 0.274 e. The van der Waals surface area contributed by atoms with Crippen LogP contribution in [0.5, 0.6) is 0 Å². The van der Waals surface area contributed by atoms with E-state index in [0.717, 1.165) is 23.2 Å². The number of benzene rings is 2. The number of fused-ring (bicyclic) bond motifs is 3. The molecule has 2 heterocycles. The van der Waals surface area contributed by atoms with Crippen LogP contribution in [0, 0.1) is 0 Å². The predicted octanol–water partition coefficient (Wildman–Crippen LogP) is 1.78. The summed E-state index contributed by atoms with van der Waals surface area (Å²) in [5.41, 5.74) is 6.46. The van der Waals surface area contributed by atoms with Crippen molar-refractivity contribution in [3.05, 3.63) is 70.9 Å². The number of amides is 3. The minimum atomic E-state index is -0.551. The number of nitrogens with one attached hydrogen (secondary N) is 1. The second kappa shape index (κ2) is 8.61. The topological polar surface area (TPSA) is 94.9 Å². The Bertz CT molecular complexity index is 1140. The van der Waals surface area contributed by atoms with E-state index in [1.54, 1.807) is 29.6 Å². The molecule has 8 heteroatoms. The maximum absolute atomic E-state index is 12.6. The summed E-state index contributed by atoms with van der Waals surface area (Å²) in [5.74, 6) is -0.624. The monoisotopic (exact) mass is 420 g/mol. The molecule has 0 saturated heterocycles. The van der Waals surface area contributed by atoms with Crippen molar-refractivity contribution in [2.75, 3.05) is 20.1 Å². The Balaban J connectivity index is 1.66. The van der Waals surface area contributed by atoms with Crippen molar-refractivity contribution in [3.63, 3.8) is 0 Å². The summed E-state index contributed by atoms with van der Waals surface area (Å²) in [4.78, 5) is 38.3. The Labute approximate surface area is 179 Å². The number of carbonyl (C=O) groups is 3. The standard InChI is InChI=1S/C23H24N4O4/c1-25(15-28)14-22(29)26-11-10-19-18-4-2-3-5-20(18)27(21(19)13-26)12-16-6-8-17(9-7-16)23(30)24-31/h2-9,15,31H,10-14H2,1H3,(H,24,30). The summed E-state index contributed by atoms with van der Waals surface area (Å²) in [6.07, 6.45) is 1.42. The van der Waals surface area contributed by atoms with E-state index in [0.29, 0.717) is 31.6 Å². The lowest BCUT2D eigenvalue weighted by molar-refractivity contribution is -0.135. The normalized spacial score (nSPS) is 13.0. The molecule has 2 aromatic carbocycles. The van der Waals surface area contributed by atoms with Gasteiger partial charge in [-0.3, -0.25) is 19.6 Å². The van der Waals surface area contributed by atoms with Crippen LogP contribution in [-0.4, -0.2) is 57.9 Å². The maximum Gasteiger partial charge on any atom is 0.274 e. The molecule has 4 rings (SSSR count). The van der Waals surface area contributed by atoms with Crippen molar-refractivity contribution in [2.24, 2.45) is 0 Å². The largest absolute Gasteiger partial charge is 0.339 e. The number of hydrogen-bond acceptors (Lipinski definition) is 4. The Morgan fingerprint density at radius 2 is 1.90 bits per heavy atom. The van der Waals surface area contributed by atoms with Gasteiger partial charge in [-0.15, -0.1) is 0 Å². The van der Waals surface area contributed by atoms with Crippen LogP contribution in [0.3, 0.4) is 0 Å². The third kappa shape index (κ3) is 4.02. The Morgan fingerprint density at radius 3 is 2.61 bits per heavy atom. The summed E-state index contributed by atoms with van der Waals surface area (Å²) in [6, 6.07) is 15.3. The first-order valence-electron chi connectivity index (χ1n) is 10.1.